The summed E-state index contributed by atoms with van der Waals surface area (Å²) in [7, 11) is 1.68. The van der Waals surface area contributed by atoms with Crippen LogP contribution in [-0.2, 0) is 0 Å². The first-order valence-corrected chi connectivity index (χ1v) is 30.5. The van der Waals surface area contributed by atoms with Crippen molar-refractivity contribution < 1.29 is 13.6 Å². The van der Waals surface area contributed by atoms with Gasteiger partial charge in [0, 0.05) is 34.8 Å². The molecule has 0 aliphatic carbocycles. The molecule has 7 heterocycles. The Morgan fingerprint density at radius 1 is 0.433 bits per heavy atom. The van der Waals surface area contributed by atoms with Gasteiger partial charge < -0.3 is 18.6 Å². The Morgan fingerprint density at radius 2 is 0.911 bits per heavy atom. The fourth-order valence-corrected chi connectivity index (χ4v) is 12.3. The summed E-state index contributed by atoms with van der Waals surface area (Å²) in [5.41, 5.74) is 21.9. The molecule has 11 nitrogen and oxygen atoms in total. The third-order valence-corrected chi connectivity index (χ3v) is 16.6. The smallest absolute Gasteiger partial charge is 0.191 e. The maximum Gasteiger partial charge on any atom is 0.191 e. The van der Waals surface area contributed by atoms with Gasteiger partial charge in [0.1, 0.15) is 34.1 Å². The summed E-state index contributed by atoms with van der Waals surface area (Å²) in [5, 5.41) is 1.47. The van der Waals surface area contributed by atoms with E-state index in [0.29, 0.717) is 45.7 Å². The van der Waals surface area contributed by atoms with E-state index in [4.69, 9.17) is 28.5 Å². The summed E-state index contributed by atoms with van der Waals surface area (Å²) < 4.78 is 22.4. The molecule has 0 aliphatic rings. The lowest BCUT2D eigenvalue weighted by molar-refractivity contribution is 0.420. The number of methoxy groups -OCH3 is 1. The number of furan rings is 2. The van der Waals surface area contributed by atoms with Crippen molar-refractivity contribution in [3.8, 4) is 62.4 Å². The van der Waals surface area contributed by atoms with Crippen molar-refractivity contribution in [2.75, 3.05) is 7.11 Å². The second kappa shape index (κ2) is 25.4. The van der Waals surface area contributed by atoms with Crippen molar-refractivity contribution in [3.05, 3.63) is 257 Å². The molecule has 15 rings (SSSR count). The van der Waals surface area contributed by atoms with Crippen molar-refractivity contribution in [1.82, 2.24) is 34.1 Å². The summed E-state index contributed by atoms with van der Waals surface area (Å²) in [6.07, 6.45) is 3.50. The number of hydrogen-bond acceptors (Lipinski definition) is 8. The molecule has 0 aliphatic heterocycles. The van der Waals surface area contributed by atoms with Crippen LogP contribution in [-0.4, -0.2) is 41.2 Å². The van der Waals surface area contributed by atoms with Crippen LogP contribution in [0.15, 0.2) is 238 Å². The van der Waals surface area contributed by atoms with E-state index < -0.39 is 0 Å². The fraction of sp³-hybridized carbons (Fsp3) is 0.167. The van der Waals surface area contributed by atoms with Crippen molar-refractivity contribution in [3.63, 3.8) is 0 Å². The zero-order chi connectivity index (χ0) is 61.4. The fourth-order valence-electron chi connectivity index (χ4n) is 12.3. The van der Waals surface area contributed by atoms with Gasteiger partial charge in [-0.2, -0.15) is 0 Å². The number of rotatable bonds is 11. The first kappa shape index (κ1) is 59.9. The van der Waals surface area contributed by atoms with Crippen LogP contribution in [0.25, 0.3) is 123 Å². The molecule has 0 atom stereocenters. The number of imidazole rings is 2. The van der Waals surface area contributed by atoms with Gasteiger partial charge in [-0.25, -0.2) is 15.0 Å². The van der Waals surface area contributed by atoms with Gasteiger partial charge in [-0.15, -0.1) is 12.4 Å². The lowest BCUT2D eigenvalue weighted by Crippen LogP contribution is -2.08. The molecule has 0 saturated heterocycles. The van der Waals surface area contributed by atoms with E-state index >= 15 is 0 Å². The van der Waals surface area contributed by atoms with Gasteiger partial charge in [0.15, 0.2) is 16.6 Å². The maximum absolute atomic E-state index is 12.7. The Balaban J connectivity index is 0.000000158. The minimum Gasteiger partial charge on any atom is -0.496 e. The zero-order valence-electron chi connectivity index (χ0n) is 51.9. The van der Waals surface area contributed by atoms with Crippen molar-refractivity contribution in [1.29, 1.82) is 0 Å². The van der Waals surface area contributed by atoms with Crippen LogP contribution in [0.5, 0.6) is 5.75 Å². The lowest BCUT2D eigenvalue weighted by Gasteiger charge is -2.22. The van der Waals surface area contributed by atoms with Gasteiger partial charge >= 0.3 is 0 Å². The number of H-pyrrole nitrogens is 1. The topological polar surface area (TPSA) is 130 Å². The predicted molar refractivity (Wildman–Crippen MR) is 371 cm³/mol. The number of aromatic nitrogens is 7. The minimum atomic E-state index is -0.0538. The van der Waals surface area contributed by atoms with E-state index in [1.54, 1.807) is 31.6 Å². The monoisotopic (exact) mass is 1200 g/mol. The van der Waals surface area contributed by atoms with Crippen molar-refractivity contribution in [2.45, 2.75) is 79.1 Å². The third kappa shape index (κ3) is 11.2. The highest BCUT2D eigenvalue weighted by atomic mass is 35.5. The molecular formula is C78H70ClN7O4. The van der Waals surface area contributed by atoms with Crippen LogP contribution >= 0.6 is 12.4 Å². The van der Waals surface area contributed by atoms with Crippen LogP contribution in [0.3, 0.4) is 0 Å². The summed E-state index contributed by atoms with van der Waals surface area (Å²) >= 11 is 0. The molecule has 12 heteroatoms. The first-order valence-electron chi connectivity index (χ1n) is 30.5. The van der Waals surface area contributed by atoms with Gasteiger partial charge in [-0.3, -0.25) is 18.9 Å². The Kier molecular flexibility index (Phi) is 16.9. The van der Waals surface area contributed by atoms with Crippen molar-refractivity contribution >= 4 is 78.6 Å². The van der Waals surface area contributed by atoms with Crippen molar-refractivity contribution in [2.24, 2.45) is 0 Å². The number of nitrogens with zero attached hydrogens (tertiary/aromatic N) is 6. The second-order valence-corrected chi connectivity index (χ2v) is 23.7. The van der Waals surface area contributed by atoms with Gasteiger partial charge in [-0.1, -0.05) is 171 Å². The Labute approximate surface area is 529 Å². The molecule has 15 aromatic rings. The SMILES string of the molecule is CC(C)c1cccc(C(C)C)c1-n1c(-c2cccc(-c3ccc4oc5cccc(=O)c5c4[nH]3)c2)nc2ccccc21.COc1cccc2oc3ccc(-c4cccc(-c5nc6ccccc6n5-c5c(C(C)C)cccc5C(C)C)c4)nc3c12.Cl.c1ccncc1. The van der Waals surface area contributed by atoms with Crippen LogP contribution in [0.4, 0.5) is 0 Å². The first-order chi connectivity index (χ1) is 43.3. The molecule has 448 valence electrons. The van der Waals surface area contributed by atoms with Crippen LogP contribution in [0, 0.1) is 0 Å². The zero-order valence-corrected chi connectivity index (χ0v) is 52.7. The molecular weight excluding hydrogens is 1130 g/mol. The number of ether oxygens (including phenoxy) is 1. The lowest BCUT2D eigenvalue weighted by atomic mass is 9.92. The van der Waals surface area contributed by atoms with Gasteiger partial charge in [0.25, 0.3) is 0 Å². The number of para-hydroxylation sites is 6. The van der Waals surface area contributed by atoms with E-state index in [9.17, 15) is 4.79 Å². The molecule has 7 aromatic heterocycles. The summed E-state index contributed by atoms with van der Waals surface area (Å²) in [4.78, 5) is 35.4. The number of nitrogens with one attached hydrogen (secondary N) is 1. The van der Waals surface area contributed by atoms with Gasteiger partial charge in [-0.05, 0) is 149 Å². The van der Waals surface area contributed by atoms with E-state index in [1.165, 1.54) is 33.6 Å². The van der Waals surface area contributed by atoms with E-state index in [1.807, 2.05) is 72.8 Å². The molecule has 0 fully saturated rings. The number of pyridine rings is 3. The number of aromatic amines is 1. The highest BCUT2D eigenvalue weighted by Crippen LogP contribution is 2.42. The summed E-state index contributed by atoms with van der Waals surface area (Å²) in [6.45, 7) is 18.1. The normalized spacial score (nSPS) is 11.5. The largest absolute Gasteiger partial charge is 0.496 e. The van der Waals surface area contributed by atoms with Gasteiger partial charge in [0.2, 0.25) is 0 Å². The number of benzene rings is 8. The Bertz CT molecular complexity index is 5070. The van der Waals surface area contributed by atoms with Crippen LogP contribution < -0.4 is 10.2 Å². The van der Waals surface area contributed by atoms with Crippen LogP contribution in [0.2, 0.25) is 0 Å². The molecule has 0 unspecified atom stereocenters. The molecule has 0 radical (unpaired) electrons. The Hall–Kier alpha value is -10.4. The standard InChI is InChI=1S/C37H33N3O2.C36H31N3O2.C5H5N.ClH/c1-22(2)26-13-9-14-27(23(3)4)36(26)40-30-16-7-6-15-29(30)39-37(40)25-12-8-11-24(21-25)28-19-20-33-35(38-28)34-31(41-5)17-10-18-32(34)42-33;1-21(2)25-12-8-13-26(22(3)4)35(25)39-29-15-6-5-14-28(29)38-36(39)24-11-7-10-23(20-24)27-18-19-32-34(37-27)33-30(40)16-9-17-31(33)41-32;1-2-4-6-5-3-1;/h6-23H,1-5H3;5-22,37H,1-4H3;1-5H;1H. The summed E-state index contributed by atoms with van der Waals surface area (Å²) in [6, 6.07) is 71.7. The number of fused-ring (bicyclic) bond motifs is 8. The van der Waals surface area contributed by atoms with Crippen LogP contribution in [0.1, 0.15) is 101 Å². The summed E-state index contributed by atoms with van der Waals surface area (Å²) in [5.74, 6) is 3.99. The quantitative estimate of drug-likeness (QED) is 0.136. The highest BCUT2D eigenvalue weighted by molar-refractivity contribution is 6.07. The molecule has 1 N–H and O–H groups in total. The van der Waals surface area contributed by atoms with Gasteiger partial charge in [0.05, 0.1) is 62.5 Å². The minimum absolute atomic E-state index is 0. The maximum atomic E-state index is 12.7. The molecule has 90 heavy (non-hydrogen) atoms. The average Bonchev–Trinajstić information content (AvgIpc) is 1.60. The molecule has 0 amide bonds. The number of hydrogen-bond donors (Lipinski definition) is 1. The third-order valence-electron chi connectivity index (χ3n) is 16.6. The Morgan fingerprint density at radius 3 is 1.44 bits per heavy atom. The molecule has 0 saturated carbocycles. The molecule has 8 aromatic carbocycles. The van der Waals surface area contributed by atoms with E-state index in [2.05, 4.69) is 202 Å². The predicted octanol–water partition coefficient (Wildman–Crippen LogP) is 20.6. The molecule has 0 bridgehead atoms. The van der Waals surface area contributed by atoms with E-state index in [-0.39, 0.29) is 17.8 Å². The highest BCUT2D eigenvalue weighted by Gasteiger charge is 2.25. The molecule has 0 spiro atoms. The second-order valence-electron chi connectivity index (χ2n) is 23.7. The van der Waals surface area contributed by atoms with E-state index in [0.717, 1.165) is 95.2 Å². The average molecular weight is 1200 g/mol. The number of halogens is 1.